The van der Waals surface area contributed by atoms with Crippen LogP contribution in [0.5, 0.6) is 0 Å². The molecule has 29 heavy (non-hydrogen) atoms. The molecule has 1 saturated heterocycles. The van der Waals surface area contributed by atoms with Crippen LogP contribution >= 0.6 is 0 Å². The Balaban J connectivity index is 1.70. The van der Waals surface area contributed by atoms with Crippen molar-refractivity contribution in [2.75, 3.05) is 6.54 Å². The Kier molecular flexibility index (Phi) is 5.92. The molecule has 1 fully saturated rings. The monoisotopic (exact) mass is 429 g/mol. The second-order valence-corrected chi connectivity index (χ2v) is 8.53. The molecule has 0 spiro atoms. The zero-order valence-electron chi connectivity index (χ0n) is 15.0. The number of carbonyl (C=O) groups excluding carboxylic acids is 1. The quantitative estimate of drug-likeness (QED) is 0.661. The summed E-state index contributed by atoms with van der Waals surface area (Å²) in [5.41, 5.74) is -0.684. The predicted molar refractivity (Wildman–Crippen MR) is 95.4 cm³/mol. The predicted octanol–water partition coefficient (Wildman–Crippen LogP) is 1.27. The summed E-state index contributed by atoms with van der Waals surface area (Å²) in [6, 6.07) is 5.57. The first-order valence-corrected chi connectivity index (χ1v) is 10.1. The van der Waals surface area contributed by atoms with Gasteiger partial charge in [0, 0.05) is 12.7 Å². The van der Waals surface area contributed by atoms with Crippen LogP contribution in [0.4, 0.5) is 13.2 Å². The smallest absolute Gasteiger partial charge is 0.392 e. The van der Waals surface area contributed by atoms with E-state index in [-0.39, 0.29) is 17.3 Å². The highest BCUT2D eigenvalue weighted by molar-refractivity contribution is 7.91. The maximum atomic E-state index is 12.8. The number of aromatic nitrogens is 1. The second-order valence-electron chi connectivity index (χ2n) is 6.58. The zero-order valence-corrected chi connectivity index (χ0v) is 15.8. The van der Waals surface area contributed by atoms with E-state index < -0.39 is 38.6 Å². The lowest BCUT2D eigenvalue weighted by molar-refractivity contribution is -0.137. The van der Waals surface area contributed by atoms with Gasteiger partial charge in [-0.05, 0) is 36.8 Å². The molecule has 0 aliphatic carbocycles. The third-order valence-electron chi connectivity index (χ3n) is 4.45. The van der Waals surface area contributed by atoms with Crippen LogP contribution in [0.25, 0.3) is 0 Å². The van der Waals surface area contributed by atoms with E-state index in [1.54, 1.807) is 0 Å². The third kappa shape index (κ3) is 4.92. The van der Waals surface area contributed by atoms with Crippen molar-refractivity contribution in [1.82, 2.24) is 15.6 Å². The number of hydrogen-bond acceptors (Lipinski definition) is 6. The lowest BCUT2D eigenvalue weighted by Gasteiger charge is -2.11. The second kappa shape index (κ2) is 8.09. The molecule has 3 N–H and O–H groups in total. The van der Waals surface area contributed by atoms with Gasteiger partial charge in [-0.25, -0.2) is 8.42 Å². The molecule has 7 nitrogen and oxygen atoms in total. The van der Waals surface area contributed by atoms with Crippen LogP contribution in [0, 0.1) is 0 Å². The molecule has 1 aliphatic heterocycles. The average Bonchev–Trinajstić information content (AvgIpc) is 3.12. The Hall–Kier alpha value is -2.50. The highest BCUT2D eigenvalue weighted by atomic mass is 32.2. The number of amides is 1. The minimum absolute atomic E-state index is 0.0387. The van der Waals surface area contributed by atoms with Crippen LogP contribution < -0.4 is 10.6 Å². The number of halogens is 3. The van der Waals surface area contributed by atoms with Gasteiger partial charge in [0.05, 0.1) is 39.7 Å². The van der Waals surface area contributed by atoms with Gasteiger partial charge < -0.3 is 15.7 Å². The first-order valence-electron chi connectivity index (χ1n) is 8.64. The molecule has 0 saturated carbocycles. The molecular weight excluding hydrogens is 411 g/mol. The normalized spacial score (nSPS) is 19.9. The number of β-amino-alcohol motifs (C(OH)–C–C–N with tert-alkyl or cyclic N) is 1. The number of rotatable bonds is 5. The van der Waals surface area contributed by atoms with Crippen LogP contribution in [0.3, 0.4) is 0 Å². The fraction of sp³-hybridized carbons (Fsp3) is 0.333. The Bertz CT molecular complexity index is 994. The first kappa shape index (κ1) is 21.2. The molecule has 11 heteroatoms. The van der Waals surface area contributed by atoms with E-state index in [4.69, 9.17) is 0 Å². The fourth-order valence-corrected chi connectivity index (χ4v) is 4.12. The number of sulfone groups is 1. The van der Waals surface area contributed by atoms with E-state index in [0.29, 0.717) is 24.7 Å². The number of aliphatic hydroxyl groups is 1. The lowest BCUT2D eigenvalue weighted by atomic mass is 10.2. The molecule has 2 atom stereocenters. The van der Waals surface area contributed by atoms with E-state index in [0.717, 1.165) is 24.4 Å². The first-order chi connectivity index (χ1) is 13.6. The van der Waals surface area contributed by atoms with Crippen molar-refractivity contribution in [3.05, 3.63) is 53.9 Å². The highest BCUT2D eigenvalue weighted by Crippen LogP contribution is 2.31. The number of nitrogens with zero attached hydrogens (tertiary/aromatic N) is 1. The number of alkyl halides is 3. The van der Waals surface area contributed by atoms with Crippen molar-refractivity contribution in [2.45, 2.75) is 41.1 Å². The van der Waals surface area contributed by atoms with Crippen LogP contribution in [-0.2, 0) is 27.4 Å². The van der Waals surface area contributed by atoms with Gasteiger partial charge >= 0.3 is 6.18 Å². The molecule has 2 unspecified atom stereocenters. The molecule has 2 aromatic rings. The SMILES string of the molecule is O=C(NCc1ccc(S(=O)(=O)c2cccc(C(F)(F)F)c2)cn1)C1CC(O)CN1. The van der Waals surface area contributed by atoms with Gasteiger partial charge in [-0.2, -0.15) is 13.2 Å². The largest absolute Gasteiger partial charge is 0.416 e. The van der Waals surface area contributed by atoms with Crippen molar-refractivity contribution in [3.8, 4) is 0 Å². The number of carbonyl (C=O) groups is 1. The minimum Gasteiger partial charge on any atom is -0.392 e. The van der Waals surface area contributed by atoms with Crippen molar-refractivity contribution in [1.29, 1.82) is 0 Å². The van der Waals surface area contributed by atoms with Crippen LogP contribution in [0.2, 0.25) is 0 Å². The Morgan fingerprint density at radius 3 is 2.59 bits per heavy atom. The van der Waals surface area contributed by atoms with Crippen molar-refractivity contribution in [2.24, 2.45) is 0 Å². The van der Waals surface area contributed by atoms with Gasteiger partial charge in [0.25, 0.3) is 0 Å². The van der Waals surface area contributed by atoms with Crippen molar-refractivity contribution >= 4 is 15.7 Å². The molecule has 1 aromatic heterocycles. The van der Waals surface area contributed by atoms with Gasteiger partial charge in [0.15, 0.2) is 0 Å². The number of pyridine rings is 1. The highest BCUT2D eigenvalue weighted by Gasteiger charge is 2.32. The number of hydrogen-bond donors (Lipinski definition) is 3. The Labute approximate surface area is 164 Å². The van der Waals surface area contributed by atoms with Gasteiger partial charge in [-0.1, -0.05) is 6.07 Å². The van der Waals surface area contributed by atoms with Crippen molar-refractivity contribution < 1.29 is 31.5 Å². The van der Waals surface area contributed by atoms with Crippen molar-refractivity contribution in [3.63, 3.8) is 0 Å². The fourth-order valence-electron chi connectivity index (χ4n) is 2.87. The third-order valence-corrected chi connectivity index (χ3v) is 6.18. The summed E-state index contributed by atoms with van der Waals surface area (Å²) in [7, 11) is -4.18. The van der Waals surface area contributed by atoms with Crippen LogP contribution in [0.15, 0.2) is 52.4 Å². The average molecular weight is 429 g/mol. The molecule has 1 aromatic carbocycles. The summed E-state index contributed by atoms with van der Waals surface area (Å²) in [6.45, 7) is 0.370. The van der Waals surface area contributed by atoms with Gasteiger partial charge in [0.1, 0.15) is 0 Å². The maximum Gasteiger partial charge on any atom is 0.416 e. The summed E-state index contributed by atoms with van der Waals surface area (Å²) in [5.74, 6) is -0.316. The van der Waals surface area contributed by atoms with Gasteiger partial charge in [0.2, 0.25) is 15.7 Å². The van der Waals surface area contributed by atoms with Gasteiger partial charge in [-0.15, -0.1) is 0 Å². The topological polar surface area (TPSA) is 108 Å². The zero-order chi connectivity index (χ0) is 21.2. The summed E-state index contributed by atoms with van der Waals surface area (Å²) in [6.07, 6.45) is -3.90. The number of aliphatic hydroxyl groups excluding tert-OH is 1. The molecule has 156 valence electrons. The molecular formula is C18H18F3N3O4S. The summed E-state index contributed by atoms with van der Waals surface area (Å²) >= 11 is 0. The molecule has 3 rings (SSSR count). The number of benzene rings is 1. The molecule has 0 radical (unpaired) electrons. The molecule has 1 aliphatic rings. The van der Waals surface area contributed by atoms with Gasteiger partial charge in [-0.3, -0.25) is 9.78 Å². The van der Waals surface area contributed by atoms with E-state index in [2.05, 4.69) is 15.6 Å². The van der Waals surface area contributed by atoms with E-state index in [1.165, 1.54) is 12.1 Å². The summed E-state index contributed by atoms with van der Waals surface area (Å²) < 4.78 is 63.7. The molecule has 1 amide bonds. The lowest BCUT2D eigenvalue weighted by Crippen LogP contribution is -2.40. The van der Waals surface area contributed by atoms with Crippen LogP contribution in [0.1, 0.15) is 17.7 Å². The maximum absolute atomic E-state index is 12.8. The van der Waals surface area contributed by atoms with E-state index >= 15 is 0 Å². The van der Waals surface area contributed by atoms with E-state index in [1.807, 2.05) is 0 Å². The molecule has 0 bridgehead atoms. The van der Waals surface area contributed by atoms with Crippen LogP contribution in [-0.4, -0.2) is 43.1 Å². The molecule has 2 heterocycles. The Morgan fingerprint density at radius 1 is 1.24 bits per heavy atom. The Morgan fingerprint density at radius 2 is 2.00 bits per heavy atom. The summed E-state index contributed by atoms with van der Waals surface area (Å²) in [4.78, 5) is 15.2. The summed E-state index contributed by atoms with van der Waals surface area (Å²) in [5, 5.41) is 14.9. The minimum atomic E-state index is -4.66. The number of nitrogens with one attached hydrogen (secondary N) is 2. The standard InChI is InChI=1S/C18H18F3N3O4S/c19-18(20,21)11-2-1-3-14(6-11)29(27,28)15-5-4-12(22-10-15)8-24-17(26)16-7-13(25)9-23-16/h1-6,10,13,16,23,25H,7-9H2,(H,24,26). The van der Waals surface area contributed by atoms with E-state index in [9.17, 15) is 31.5 Å².